The normalized spacial score (nSPS) is 10.7. The molecule has 0 aliphatic carbocycles. The molecule has 0 fully saturated rings. The molecular formula is C16H11NOPd. The predicted molar refractivity (Wildman–Crippen MR) is 72.1 cm³/mol. The Balaban J connectivity index is 1.87. The third kappa shape index (κ3) is 2.79. The van der Waals surface area contributed by atoms with Gasteiger partial charge >= 0.3 is 119 Å². The second-order valence-corrected chi connectivity index (χ2v) is 5.88. The van der Waals surface area contributed by atoms with Gasteiger partial charge in [0.25, 0.3) is 0 Å². The van der Waals surface area contributed by atoms with E-state index in [4.69, 9.17) is 0 Å². The van der Waals surface area contributed by atoms with Crippen LogP contribution in [-0.4, -0.2) is 9.24 Å². The van der Waals surface area contributed by atoms with Crippen molar-refractivity contribution in [3.05, 3.63) is 72.3 Å². The van der Waals surface area contributed by atoms with Crippen molar-refractivity contribution in [1.82, 2.24) is 4.98 Å². The summed E-state index contributed by atoms with van der Waals surface area (Å²) in [6, 6.07) is 21.3. The van der Waals surface area contributed by atoms with Crippen LogP contribution in [0.5, 0.6) is 0 Å². The van der Waals surface area contributed by atoms with Crippen molar-refractivity contribution in [2.24, 2.45) is 0 Å². The van der Waals surface area contributed by atoms with Crippen molar-refractivity contribution in [3.8, 4) is 0 Å². The molecule has 3 rings (SSSR count). The van der Waals surface area contributed by atoms with E-state index < -0.39 is 0 Å². The van der Waals surface area contributed by atoms with Crippen LogP contribution in [0.2, 0.25) is 0 Å². The average Bonchev–Trinajstić information content (AvgIpc) is 2.48. The van der Waals surface area contributed by atoms with Gasteiger partial charge in [0.15, 0.2) is 0 Å². The SMILES string of the molecule is O=[C]([Pd][c]1ccc2ccccc2n1)c1ccccc1. The number of hydrogen-bond donors (Lipinski definition) is 0. The molecule has 0 atom stereocenters. The first-order valence-electron chi connectivity index (χ1n) is 5.87. The quantitative estimate of drug-likeness (QED) is 0.687. The summed E-state index contributed by atoms with van der Waals surface area (Å²) >= 11 is -0.150. The Hall–Kier alpha value is -1.82. The molecule has 0 spiro atoms. The summed E-state index contributed by atoms with van der Waals surface area (Å²) in [5.41, 5.74) is 1.70. The fraction of sp³-hybridized carbons (Fsp3) is 0. The number of pyridine rings is 1. The fourth-order valence-electron chi connectivity index (χ4n) is 1.75. The zero-order valence-corrected chi connectivity index (χ0v) is 11.6. The minimum absolute atomic E-state index is 0.150. The fourth-order valence-corrected chi connectivity index (χ4v) is 3.13. The molecule has 3 heteroatoms. The van der Waals surface area contributed by atoms with Crippen molar-refractivity contribution < 1.29 is 22.8 Å². The van der Waals surface area contributed by atoms with E-state index in [-0.39, 0.29) is 22.2 Å². The van der Waals surface area contributed by atoms with E-state index in [2.05, 4.69) is 4.98 Å². The number of carbonyl (C=O) groups is 1. The molecular weight excluding hydrogens is 329 g/mol. The molecule has 96 valence electrons. The monoisotopic (exact) mass is 339 g/mol. The molecule has 0 amide bonds. The van der Waals surface area contributed by atoms with E-state index in [1.54, 1.807) is 0 Å². The summed E-state index contributed by atoms with van der Waals surface area (Å²) in [6.45, 7) is 0. The molecule has 0 saturated heterocycles. The van der Waals surface area contributed by atoms with Crippen LogP contribution in [0.25, 0.3) is 10.9 Å². The van der Waals surface area contributed by atoms with Gasteiger partial charge in [0.1, 0.15) is 0 Å². The van der Waals surface area contributed by atoms with E-state index in [9.17, 15) is 4.79 Å². The van der Waals surface area contributed by atoms with Gasteiger partial charge in [0, 0.05) is 0 Å². The number of aromatic nitrogens is 1. The predicted octanol–water partition coefficient (Wildman–Crippen LogP) is 2.78. The third-order valence-corrected chi connectivity index (χ3v) is 4.32. The van der Waals surface area contributed by atoms with Gasteiger partial charge in [-0.15, -0.1) is 0 Å². The zero-order valence-electron chi connectivity index (χ0n) is 10.0. The molecule has 3 aromatic rings. The molecule has 0 bridgehead atoms. The van der Waals surface area contributed by atoms with Gasteiger partial charge in [0.05, 0.1) is 0 Å². The second kappa shape index (κ2) is 5.44. The number of carbonyl (C=O) groups excluding carboxylic acids is 1. The van der Waals surface area contributed by atoms with Crippen LogP contribution in [0.15, 0.2) is 66.7 Å². The molecule has 0 N–H and O–H groups in total. The molecule has 2 nitrogen and oxygen atoms in total. The van der Waals surface area contributed by atoms with Gasteiger partial charge < -0.3 is 0 Å². The Morgan fingerprint density at radius 2 is 1.58 bits per heavy atom. The first-order valence-corrected chi connectivity index (χ1v) is 7.42. The van der Waals surface area contributed by atoms with Crippen LogP contribution in [0.4, 0.5) is 0 Å². The number of rotatable bonds is 3. The number of hydrogen-bond acceptors (Lipinski definition) is 2. The van der Waals surface area contributed by atoms with E-state index >= 15 is 0 Å². The number of nitrogens with zero attached hydrogens (tertiary/aromatic N) is 1. The Bertz CT molecular complexity index is 725. The number of benzene rings is 2. The summed E-state index contributed by atoms with van der Waals surface area (Å²) in [6.07, 6.45) is 0. The Labute approximate surface area is 119 Å². The van der Waals surface area contributed by atoms with Crippen LogP contribution < -0.4 is 4.17 Å². The van der Waals surface area contributed by atoms with Crippen LogP contribution >= 0.6 is 0 Å². The summed E-state index contributed by atoms with van der Waals surface area (Å²) in [7, 11) is 0. The second-order valence-electron chi connectivity index (χ2n) is 3.99. The van der Waals surface area contributed by atoms with Gasteiger partial charge in [-0.2, -0.15) is 0 Å². The molecule has 1 heterocycles. The van der Waals surface area contributed by atoms with Crippen LogP contribution in [0.3, 0.4) is 0 Å². The van der Waals surface area contributed by atoms with Gasteiger partial charge in [-0.25, -0.2) is 0 Å². The zero-order chi connectivity index (χ0) is 13.1. The molecule has 0 radical (unpaired) electrons. The number of fused-ring (bicyclic) bond motifs is 1. The maximum atomic E-state index is 12.1. The summed E-state index contributed by atoms with van der Waals surface area (Å²) in [5.74, 6) is 0. The first-order chi connectivity index (χ1) is 9.33. The van der Waals surface area contributed by atoms with Crippen molar-refractivity contribution in [2.45, 2.75) is 0 Å². The molecule has 0 aliphatic heterocycles. The van der Waals surface area contributed by atoms with Gasteiger partial charge in [0.2, 0.25) is 0 Å². The van der Waals surface area contributed by atoms with E-state index in [0.29, 0.717) is 0 Å². The standard InChI is InChI=1S/C9H6N.C7H5O.Pd/c1-2-6-9-8(4-1)5-3-7-10-9;8-6-7-4-2-1-3-5-7;/h1-6H;1-5H;. The molecule has 0 unspecified atom stereocenters. The van der Waals surface area contributed by atoms with Gasteiger partial charge in [-0.3, -0.25) is 0 Å². The van der Waals surface area contributed by atoms with E-state index in [1.807, 2.05) is 66.7 Å². The van der Waals surface area contributed by atoms with Gasteiger partial charge in [-0.05, 0) is 0 Å². The van der Waals surface area contributed by atoms with Crippen molar-refractivity contribution >= 4 is 19.3 Å². The first kappa shape index (κ1) is 12.2. The number of para-hydroxylation sites is 1. The molecule has 0 saturated carbocycles. The van der Waals surface area contributed by atoms with Crippen LogP contribution in [0, 0.1) is 0 Å². The van der Waals surface area contributed by atoms with E-state index in [1.165, 1.54) is 0 Å². The van der Waals surface area contributed by atoms with Crippen molar-refractivity contribution in [2.75, 3.05) is 0 Å². The summed E-state index contributed by atoms with van der Waals surface area (Å²) in [4.78, 5) is 16.7. The van der Waals surface area contributed by atoms with Crippen molar-refractivity contribution in [1.29, 1.82) is 0 Å². The van der Waals surface area contributed by atoms with E-state index in [0.717, 1.165) is 20.6 Å². The topological polar surface area (TPSA) is 30.0 Å². The molecule has 2 aromatic carbocycles. The molecule has 1 aromatic heterocycles. The van der Waals surface area contributed by atoms with Gasteiger partial charge in [-0.1, -0.05) is 0 Å². The third-order valence-electron chi connectivity index (χ3n) is 2.68. The Morgan fingerprint density at radius 1 is 0.842 bits per heavy atom. The minimum atomic E-state index is -0.150. The maximum absolute atomic E-state index is 12.1. The summed E-state index contributed by atoms with van der Waals surface area (Å²) < 4.78 is 1.01. The average molecular weight is 340 g/mol. The molecule has 19 heavy (non-hydrogen) atoms. The Morgan fingerprint density at radius 3 is 2.42 bits per heavy atom. The van der Waals surface area contributed by atoms with Crippen LogP contribution in [0.1, 0.15) is 10.4 Å². The molecule has 0 aliphatic rings. The van der Waals surface area contributed by atoms with Crippen molar-refractivity contribution in [3.63, 3.8) is 0 Å². The Kier molecular flexibility index (Phi) is 3.50. The van der Waals surface area contributed by atoms with Crippen LogP contribution in [-0.2, 0) is 18.0 Å². The summed E-state index contributed by atoms with van der Waals surface area (Å²) in [5, 5.41) is 1.10.